The Morgan fingerprint density at radius 1 is 1.26 bits per heavy atom. The highest BCUT2D eigenvalue weighted by molar-refractivity contribution is 6.37. The van der Waals surface area contributed by atoms with Gasteiger partial charge in [0.25, 0.3) is 5.56 Å². The van der Waals surface area contributed by atoms with Gasteiger partial charge in [-0.3, -0.25) is 15.2 Å². The Bertz CT molecular complexity index is 1230. The molecule has 3 saturated carbocycles. The van der Waals surface area contributed by atoms with Gasteiger partial charge in [0.05, 0.1) is 15.7 Å². The smallest absolute Gasteiger partial charge is 0.349 e. The Balaban J connectivity index is 1.45. The summed E-state index contributed by atoms with van der Waals surface area (Å²) >= 11 is 12.7. The van der Waals surface area contributed by atoms with Gasteiger partial charge in [-0.1, -0.05) is 23.2 Å². The van der Waals surface area contributed by atoms with Gasteiger partial charge in [-0.05, 0) is 54.7 Å². The third kappa shape index (κ3) is 3.31. The predicted octanol–water partition coefficient (Wildman–Crippen LogP) is 1.54. The zero-order chi connectivity index (χ0) is 21.9. The molecule has 2 bridgehead atoms. The molecule has 3 fully saturated rings. The standard InChI is InChI=1S/C19H18Cl2N6O4/c20-11-3-9(27-18(30)23-17(29)15(22)26-27)4-12(21)14(11)31-13-5-10(16(28)25-24-13)19-2-1-8(6-19)7-19/h3-5,8,16,25,28H,1-2,6-7H2,(H2,22,26)(H,23,29,30). The van der Waals surface area contributed by atoms with E-state index in [2.05, 4.69) is 20.6 Å². The third-order valence-corrected chi connectivity index (χ3v) is 6.72. The first-order valence-corrected chi connectivity index (χ1v) is 10.4. The SMILES string of the molecule is Nc1nn(-c2cc(Cl)c(OC3=NNC(O)C(C45CCC(C4)C5)=C3)c(Cl)c2)c(=O)[nH]c1=O. The third-order valence-electron chi connectivity index (χ3n) is 6.16. The molecule has 31 heavy (non-hydrogen) atoms. The Morgan fingerprint density at radius 3 is 2.61 bits per heavy atom. The summed E-state index contributed by atoms with van der Waals surface area (Å²) in [5.74, 6) is 0.688. The fraction of sp³-hybridized carbons (Fsp3) is 0.368. The summed E-state index contributed by atoms with van der Waals surface area (Å²) in [6, 6.07) is 2.80. The first kappa shape index (κ1) is 20.1. The predicted molar refractivity (Wildman–Crippen MR) is 115 cm³/mol. The molecule has 12 heteroatoms. The van der Waals surface area contributed by atoms with Crippen LogP contribution in [0.1, 0.15) is 25.7 Å². The number of nitrogens with two attached hydrogens (primary N) is 1. The Hall–Kier alpha value is -2.82. The van der Waals surface area contributed by atoms with Crippen LogP contribution < -0.4 is 27.1 Å². The molecular weight excluding hydrogens is 447 g/mol. The lowest BCUT2D eigenvalue weighted by Crippen LogP contribution is -2.43. The van der Waals surface area contributed by atoms with Crippen molar-refractivity contribution in [2.75, 3.05) is 5.73 Å². The van der Waals surface area contributed by atoms with Gasteiger partial charge in [0.1, 0.15) is 0 Å². The first-order valence-electron chi connectivity index (χ1n) is 9.65. The number of hydrazone groups is 1. The van der Waals surface area contributed by atoms with E-state index in [4.69, 9.17) is 33.7 Å². The molecule has 6 rings (SSSR count). The Labute approximate surface area is 185 Å². The van der Waals surface area contributed by atoms with E-state index in [0.717, 1.165) is 35.4 Å². The van der Waals surface area contributed by atoms with Crippen LogP contribution in [0.5, 0.6) is 5.75 Å². The van der Waals surface area contributed by atoms with E-state index in [1.807, 2.05) is 0 Å². The second kappa shape index (κ2) is 7.11. The van der Waals surface area contributed by atoms with Crippen LogP contribution >= 0.6 is 23.2 Å². The number of rotatable bonds is 3. The topological polar surface area (TPSA) is 148 Å². The number of fused-ring (bicyclic) bond motifs is 1. The van der Waals surface area contributed by atoms with E-state index in [1.165, 1.54) is 18.6 Å². The van der Waals surface area contributed by atoms with Crippen molar-refractivity contribution < 1.29 is 9.84 Å². The van der Waals surface area contributed by atoms with Crippen molar-refractivity contribution in [3.05, 3.63) is 54.7 Å². The van der Waals surface area contributed by atoms with Crippen molar-refractivity contribution in [2.45, 2.75) is 31.9 Å². The number of hydrogen-bond acceptors (Lipinski definition) is 8. The van der Waals surface area contributed by atoms with E-state index >= 15 is 0 Å². The Kier molecular flexibility index (Phi) is 4.61. The lowest BCUT2D eigenvalue weighted by molar-refractivity contribution is 0.100. The fourth-order valence-electron chi connectivity index (χ4n) is 4.71. The molecule has 0 saturated heterocycles. The molecule has 3 aliphatic carbocycles. The average Bonchev–Trinajstić information content (AvgIpc) is 3.30. The van der Waals surface area contributed by atoms with Crippen LogP contribution in [-0.4, -0.2) is 32.0 Å². The molecule has 0 spiro atoms. The van der Waals surface area contributed by atoms with Crippen LogP contribution in [0.2, 0.25) is 10.0 Å². The molecule has 0 amide bonds. The average molecular weight is 465 g/mol. The second-order valence-corrected chi connectivity index (χ2v) is 8.89. The van der Waals surface area contributed by atoms with Crippen LogP contribution in [0.15, 0.2) is 38.5 Å². The summed E-state index contributed by atoms with van der Waals surface area (Å²) in [5, 5.41) is 18.4. The number of nitrogens with one attached hydrogen (secondary N) is 2. The Morgan fingerprint density at radius 2 is 1.97 bits per heavy atom. The minimum atomic E-state index is -0.858. The zero-order valence-electron chi connectivity index (χ0n) is 16.1. The van der Waals surface area contributed by atoms with Gasteiger partial charge in [-0.25, -0.2) is 4.79 Å². The summed E-state index contributed by atoms with van der Waals surface area (Å²) in [7, 11) is 0. The van der Waals surface area contributed by atoms with Crippen molar-refractivity contribution in [3.8, 4) is 11.4 Å². The summed E-state index contributed by atoms with van der Waals surface area (Å²) in [5.41, 5.74) is 7.64. The fourth-order valence-corrected chi connectivity index (χ4v) is 5.26. The first-order chi connectivity index (χ1) is 14.8. The van der Waals surface area contributed by atoms with Gasteiger partial charge in [0, 0.05) is 6.08 Å². The summed E-state index contributed by atoms with van der Waals surface area (Å²) in [6.45, 7) is 0. The molecule has 1 atom stereocenters. The molecular formula is C19H18Cl2N6O4. The lowest BCUT2D eigenvalue weighted by Gasteiger charge is -2.43. The monoisotopic (exact) mass is 464 g/mol. The number of aliphatic hydroxyl groups is 1. The van der Waals surface area contributed by atoms with E-state index < -0.39 is 17.5 Å². The maximum Gasteiger partial charge on any atom is 0.349 e. The number of nitrogens with zero attached hydrogens (tertiary/aromatic N) is 3. The van der Waals surface area contributed by atoms with Gasteiger partial charge in [0.15, 0.2) is 12.0 Å². The number of hydrogen-bond donors (Lipinski definition) is 4. The van der Waals surface area contributed by atoms with Crippen molar-refractivity contribution in [2.24, 2.45) is 16.4 Å². The molecule has 2 aromatic rings. The molecule has 1 aliphatic heterocycles. The molecule has 1 aromatic carbocycles. The maximum atomic E-state index is 12.1. The molecule has 1 aromatic heterocycles. The van der Waals surface area contributed by atoms with Gasteiger partial charge >= 0.3 is 5.69 Å². The summed E-state index contributed by atoms with van der Waals surface area (Å²) < 4.78 is 6.70. The number of benzene rings is 1. The molecule has 4 aliphatic rings. The van der Waals surface area contributed by atoms with Crippen LogP contribution in [0, 0.1) is 11.3 Å². The number of aromatic nitrogens is 3. The highest BCUT2D eigenvalue weighted by Crippen LogP contribution is 2.63. The molecule has 2 heterocycles. The van der Waals surface area contributed by atoms with E-state index in [-0.39, 0.29) is 38.6 Å². The zero-order valence-corrected chi connectivity index (χ0v) is 17.6. The van der Waals surface area contributed by atoms with Crippen molar-refractivity contribution in [1.29, 1.82) is 0 Å². The largest absolute Gasteiger partial charge is 0.434 e. The molecule has 1 unspecified atom stereocenters. The van der Waals surface area contributed by atoms with Gasteiger partial charge in [-0.2, -0.15) is 4.68 Å². The molecule has 5 N–H and O–H groups in total. The van der Waals surface area contributed by atoms with Gasteiger partial charge < -0.3 is 15.6 Å². The maximum absolute atomic E-state index is 12.1. The van der Waals surface area contributed by atoms with Crippen molar-refractivity contribution in [3.63, 3.8) is 0 Å². The quantitative estimate of drug-likeness (QED) is 0.538. The number of H-pyrrole nitrogens is 1. The van der Waals surface area contributed by atoms with E-state index in [0.29, 0.717) is 0 Å². The minimum Gasteiger partial charge on any atom is -0.434 e. The number of halogens is 2. The molecule has 10 nitrogen and oxygen atoms in total. The molecule has 162 valence electrons. The number of aliphatic hydroxyl groups excluding tert-OH is 1. The van der Waals surface area contributed by atoms with Crippen LogP contribution in [0.4, 0.5) is 5.82 Å². The lowest BCUT2D eigenvalue weighted by atomic mass is 9.64. The number of ether oxygens (including phenoxy) is 1. The van der Waals surface area contributed by atoms with Crippen LogP contribution in [0.25, 0.3) is 5.69 Å². The minimum absolute atomic E-state index is 0.00390. The number of aromatic amines is 1. The number of anilines is 1. The normalized spacial score (nSPS) is 26.5. The van der Waals surface area contributed by atoms with Crippen molar-refractivity contribution in [1.82, 2.24) is 20.2 Å². The van der Waals surface area contributed by atoms with E-state index in [9.17, 15) is 14.7 Å². The highest BCUT2D eigenvalue weighted by Gasteiger charge is 2.54. The van der Waals surface area contributed by atoms with Crippen LogP contribution in [-0.2, 0) is 0 Å². The summed E-state index contributed by atoms with van der Waals surface area (Å²) in [4.78, 5) is 25.5. The van der Waals surface area contributed by atoms with Gasteiger partial charge in [-0.15, -0.1) is 10.2 Å². The number of nitrogen functional groups attached to an aromatic ring is 1. The highest BCUT2D eigenvalue weighted by atomic mass is 35.5. The molecule has 0 radical (unpaired) electrons. The summed E-state index contributed by atoms with van der Waals surface area (Å²) in [6.07, 6.45) is 5.20. The van der Waals surface area contributed by atoms with E-state index in [1.54, 1.807) is 6.08 Å². The van der Waals surface area contributed by atoms with Crippen LogP contribution in [0.3, 0.4) is 0 Å². The van der Waals surface area contributed by atoms with Crippen molar-refractivity contribution >= 4 is 34.9 Å². The van der Waals surface area contributed by atoms with Gasteiger partial charge in [0.2, 0.25) is 11.7 Å². The second-order valence-electron chi connectivity index (χ2n) is 8.07.